The van der Waals surface area contributed by atoms with Gasteiger partial charge in [0, 0.05) is 32.1 Å². The van der Waals surface area contributed by atoms with E-state index in [4.69, 9.17) is 4.74 Å². The van der Waals surface area contributed by atoms with Crippen molar-refractivity contribution in [1.82, 2.24) is 9.55 Å². The van der Waals surface area contributed by atoms with Gasteiger partial charge in [0.25, 0.3) is 0 Å². The molecular weight excluding hydrogens is 202 g/mol. The third-order valence-electron chi connectivity index (χ3n) is 2.71. The van der Waals surface area contributed by atoms with E-state index < -0.39 is 0 Å². The van der Waals surface area contributed by atoms with E-state index in [9.17, 15) is 0 Å². The summed E-state index contributed by atoms with van der Waals surface area (Å²) in [6.45, 7) is 5.96. The van der Waals surface area contributed by atoms with Crippen molar-refractivity contribution in [2.24, 2.45) is 0 Å². The second-order valence-electron chi connectivity index (χ2n) is 4.07. The number of anilines is 1. The molecule has 0 saturated carbocycles. The summed E-state index contributed by atoms with van der Waals surface area (Å²) in [7, 11) is 1.71. The summed E-state index contributed by atoms with van der Waals surface area (Å²) in [6, 6.07) is 0.507. The van der Waals surface area contributed by atoms with Crippen LogP contribution < -0.4 is 5.32 Å². The molecule has 1 heterocycles. The van der Waals surface area contributed by atoms with Crippen LogP contribution in [0.1, 0.15) is 39.2 Å². The maximum atomic E-state index is 5.01. The highest BCUT2D eigenvalue weighted by Crippen LogP contribution is 2.18. The highest BCUT2D eigenvalue weighted by Gasteiger charge is 2.08. The molecule has 92 valence electrons. The fourth-order valence-corrected chi connectivity index (χ4v) is 1.71. The van der Waals surface area contributed by atoms with Gasteiger partial charge in [0.2, 0.25) is 5.95 Å². The van der Waals surface area contributed by atoms with Crippen molar-refractivity contribution in [3.05, 3.63) is 12.4 Å². The second-order valence-corrected chi connectivity index (χ2v) is 4.07. The normalized spacial score (nSPS) is 12.7. The number of nitrogens with zero attached hydrogens (tertiary/aromatic N) is 2. The van der Waals surface area contributed by atoms with Gasteiger partial charge in [0.1, 0.15) is 0 Å². The molecule has 0 radical (unpaired) electrons. The van der Waals surface area contributed by atoms with Crippen molar-refractivity contribution in [2.75, 3.05) is 25.6 Å². The van der Waals surface area contributed by atoms with Crippen molar-refractivity contribution < 1.29 is 4.74 Å². The van der Waals surface area contributed by atoms with Gasteiger partial charge in [-0.15, -0.1) is 0 Å². The number of hydrogen-bond acceptors (Lipinski definition) is 3. The monoisotopic (exact) mass is 225 g/mol. The van der Waals surface area contributed by atoms with Gasteiger partial charge < -0.3 is 14.6 Å². The predicted molar refractivity (Wildman–Crippen MR) is 66.8 cm³/mol. The fraction of sp³-hybridized carbons (Fsp3) is 0.750. The molecule has 0 aromatic carbocycles. The number of imidazole rings is 1. The molecule has 4 heteroatoms. The summed E-state index contributed by atoms with van der Waals surface area (Å²) >= 11 is 0. The third kappa shape index (κ3) is 3.85. The first-order chi connectivity index (χ1) is 7.79. The van der Waals surface area contributed by atoms with E-state index >= 15 is 0 Å². The summed E-state index contributed by atoms with van der Waals surface area (Å²) in [4.78, 5) is 4.31. The summed E-state index contributed by atoms with van der Waals surface area (Å²) in [6.07, 6.45) is 7.58. The Hall–Kier alpha value is -1.03. The zero-order valence-electron chi connectivity index (χ0n) is 10.6. The minimum absolute atomic E-state index is 0.507. The van der Waals surface area contributed by atoms with Gasteiger partial charge in [-0.3, -0.25) is 0 Å². The van der Waals surface area contributed by atoms with Crippen molar-refractivity contribution in [2.45, 2.75) is 39.2 Å². The van der Waals surface area contributed by atoms with E-state index in [1.54, 1.807) is 7.11 Å². The van der Waals surface area contributed by atoms with Gasteiger partial charge in [-0.05, 0) is 13.3 Å². The van der Waals surface area contributed by atoms with E-state index in [2.05, 4.69) is 28.7 Å². The van der Waals surface area contributed by atoms with Crippen LogP contribution in [0.15, 0.2) is 12.4 Å². The number of aromatic nitrogens is 2. The Balaban J connectivity index is 2.48. The first kappa shape index (κ1) is 13.0. The van der Waals surface area contributed by atoms with Crippen LogP contribution >= 0.6 is 0 Å². The average Bonchev–Trinajstić information content (AvgIpc) is 2.74. The second kappa shape index (κ2) is 7.28. The molecule has 0 spiro atoms. The van der Waals surface area contributed by atoms with Gasteiger partial charge in [0.15, 0.2) is 0 Å². The van der Waals surface area contributed by atoms with Crippen LogP contribution in [0, 0.1) is 0 Å². The summed E-state index contributed by atoms with van der Waals surface area (Å²) in [5.41, 5.74) is 0. The topological polar surface area (TPSA) is 39.1 Å². The Morgan fingerprint density at radius 3 is 3.06 bits per heavy atom. The minimum atomic E-state index is 0.507. The molecule has 0 amide bonds. The smallest absolute Gasteiger partial charge is 0.203 e. The zero-order chi connectivity index (χ0) is 11.8. The lowest BCUT2D eigenvalue weighted by atomic mass is 10.1. The maximum absolute atomic E-state index is 5.01. The number of rotatable bonds is 8. The number of nitrogens with one attached hydrogen (secondary N) is 1. The molecular formula is C12H23N3O. The minimum Gasteiger partial charge on any atom is -0.383 e. The van der Waals surface area contributed by atoms with Gasteiger partial charge in [-0.1, -0.05) is 19.8 Å². The Bertz CT molecular complexity index is 286. The van der Waals surface area contributed by atoms with Crippen molar-refractivity contribution in [3.63, 3.8) is 0 Å². The van der Waals surface area contributed by atoms with Crippen LogP contribution in [-0.4, -0.2) is 29.8 Å². The molecule has 0 aliphatic carbocycles. The van der Waals surface area contributed by atoms with Crippen LogP contribution in [-0.2, 0) is 4.74 Å². The van der Waals surface area contributed by atoms with E-state index in [0.29, 0.717) is 12.6 Å². The SMILES string of the molecule is CCCCC(C)n1ccnc1NCCOC. The van der Waals surface area contributed by atoms with Gasteiger partial charge >= 0.3 is 0 Å². The highest BCUT2D eigenvalue weighted by molar-refractivity contribution is 5.26. The summed E-state index contributed by atoms with van der Waals surface area (Å²) in [5.74, 6) is 0.945. The van der Waals surface area contributed by atoms with Gasteiger partial charge in [-0.2, -0.15) is 0 Å². The largest absolute Gasteiger partial charge is 0.383 e. The predicted octanol–water partition coefficient (Wildman–Crippen LogP) is 2.69. The lowest BCUT2D eigenvalue weighted by Crippen LogP contribution is -2.14. The van der Waals surface area contributed by atoms with E-state index in [0.717, 1.165) is 12.5 Å². The Morgan fingerprint density at radius 2 is 2.38 bits per heavy atom. The van der Waals surface area contributed by atoms with Crippen molar-refractivity contribution >= 4 is 5.95 Å². The molecule has 1 atom stereocenters. The van der Waals surface area contributed by atoms with E-state index in [-0.39, 0.29) is 0 Å². The molecule has 4 nitrogen and oxygen atoms in total. The first-order valence-electron chi connectivity index (χ1n) is 6.05. The maximum Gasteiger partial charge on any atom is 0.203 e. The van der Waals surface area contributed by atoms with Crippen molar-refractivity contribution in [1.29, 1.82) is 0 Å². The first-order valence-corrected chi connectivity index (χ1v) is 6.05. The molecule has 0 aliphatic heterocycles. The van der Waals surface area contributed by atoms with Crippen LogP contribution in [0.5, 0.6) is 0 Å². The molecule has 0 saturated heterocycles. The quantitative estimate of drug-likeness (QED) is 0.691. The average molecular weight is 225 g/mol. The molecule has 0 aliphatic rings. The summed E-state index contributed by atoms with van der Waals surface area (Å²) < 4.78 is 7.21. The van der Waals surface area contributed by atoms with Crippen molar-refractivity contribution in [3.8, 4) is 0 Å². The Morgan fingerprint density at radius 1 is 1.56 bits per heavy atom. The lowest BCUT2D eigenvalue weighted by molar-refractivity contribution is 0.210. The molecule has 1 unspecified atom stereocenters. The van der Waals surface area contributed by atoms with Gasteiger partial charge in [0.05, 0.1) is 6.61 Å². The zero-order valence-corrected chi connectivity index (χ0v) is 10.6. The number of ether oxygens (including phenoxy) is 1. The Kier molecular flexibility index (Phi) is 5.93. The number of methoxy groups -OCH3 is 1. The summed E-state index contributed by atoms with van der Waals surface area (Å²) in [5, 5.41) is 3.28. The Labute approximate surface area is 98.0 Å². The molecule has 0 fully saturated rings. The standard InChI is InChI=1S/C12H23N3O/c1-4-5-6-11(2)15-9-7-13-12(15)14-8-10-16-3/h7,9,11H,4-6,8,10H2,1-3H3,(H,13,14). The van der Waals surface area contributed by atoms with E-state index in [1.807, 2.05) is 12.4 Å². The molecule has 0 bridgehead atoms. The molecule has 1 aromatic heterocycles. The third-order valence-corrected chi connectivity index (χ3v) is 2.71. The van der Waals surface area contributed by atoms with Crippen LogP contribution in [0.4, 0.5) is 5.95 Å². The molecule has 1 rings (SSSR count). The van der Waals surface area contributed by atoms with Crippen LogP contribution in [0.3, 0.4) is 0 Å². The highest BCUT2D eigenvalue weighted by atomic mass is 16.5. The number of hydrogen-bond donors (Lipinski definition) is 1. The molecule has 16 heavy (non-hydrogen) atoms. The van der Waals surface area contributed by atoms with Gasteiger partial charge in [-0.25, -0.2) is 4.98 Å². The molecule has 1 aromatic rings. The fourth-order valence-electron chi connectivity index (χ4n) is 1.71. The van der Waals surface area contributed by atoms with E-state index in [1.165, 1.54) is 19.3 Å². The molecule has 1 N–H and O–H groups in total. The number of unbranched alkanes of at least 4 members (excludes halogenated alkanes) is 1. The van der Waals surface area contributed by atoms with Crippen LogP contribution in [0.25, 0.3) is 0 Å². The lowest BCUT2D eigenvalue weighted by Gasteiger charge is -2.16. The van der Waals surface area contributed by atoms with Crippen LogP contribution in [0.2, 0.25) is 0 Å².